The maximum Gasteiger partial charge on any atom is 0.273 e. The average Bonchev–Trinajstić information content (AvgIpc) is 2.25. The lowest BCUT2D eigenvalue weighted by Crippen LogP contribution is -2.16. The molecule has 0 saturated heterocycles. The summed E-state index contributed by atoms with van der Waals surface area (Å²) in [6.45, 7) is 1.75. The van der Waals surface area contributed by atoms with Crippen molar-refractivity contribution in [2.75, 3.05) is 12.4 Å². The second-order valence-corrected chi connectivity index (χ2v) is 7.67. The van der Waals surface area contributed by atoms with Gasteiger partial charge in [-0.25, -0.2) is 8.42 Å². The van der Waals surface area contributed by atoms with Crippen molar-refractivity contribution in [1.29, 1.82) is 0 Å². The maximum atomic E-state index is 10.9. The largest absolute Gasteiger partial charge is 0.492 e. The molecular weight excluding hydrogens is 362 g/mol. The van der Waals surface area contributed by atoms with E-state index in [0.29, 0.717) is 4.47 Å². The zero-order chi connectivity index (χ0) is 14.6. The van der Waals surface area contributed by atoms with E-state index < -0.39 is 14.0 Å². The van der Waals surface area contributed by atoms with Crippen LogP contribution in [0.1, 0.15) is 6.92 Å². The number of ether oxygens (including phenoxy) is 1. The van der Waals surface area contributed by atoms with Crippen molar-refractivity contribution in [3.05, 3.63) is 32.8 Å². The lowest BCUT2D eigenvalue weighted by molar-refractivity contribution is -0.385. The molecule has 0 radical (unpaired) electrons. The number of nitrogens with zero attached hydrogens (tertiary/aromatic N) is 1. The summed E-state index contributed by atoms with van der Waals surface area (Å²) in [6, 6.07) is 4.10. The van der Waals surface area contributed by atoms with Gasteiger partial charge in [0.15, 0.2) is 0 Å². The van der Waals surface area contributed by atoms with Gasteiger partial charge in [-0.05, 0) is 22.0 Å². The fourth-order valence-corrected chi connectivity index (χ4v) is 3.12. The topological polar surface area (TPSA) is 86.5 Å². The first-order valence-electron chi connectivity index (χ1n) is 5.18. The van der Waals surface area contributed by atoms with Crippen LogP contribution in [-0.4, -0.2) is 25.7 Å². The molecule has 0 aliphatic heterocycles. The van der Waals surface area contributed by atoms with Crippen LogP contribution < -0.4 is 4.74 Å². The van der Waals surface area contributed by atoms with E-state index >= 15 is 0 Å². The molecule has 0 fully saturated rings. The summed E-state index contributed by atoms with van der Waals surface area (Å²) in [5.74, 6) is -0.261. The highest BCUT2D eigenvalue weighted by Gasteiger charge is 2.15. The minimum atomic E-state index is -3.59. The number of hydrogen-bond donors (Lipinski definition) is 0. The molecule has 0 aliphatic carbocycles. The van der Waals surface area contributed by atoms with E-state index in [-0.39, 0.29) is 29.7 Å². The smallest absolute Gasteiger partial charge is 0.273 e. The first-order chi connectivity index (χ1) is 8.69. The number of rotatable bonds is 6. The molecule has 1 rings (SSSR count). The number of nitro groups is 1. The Hall–Kier alpha value is -0.860. The van der Waals surface area contributed by atoms with Crippen LogP contribution in [0, 0.1) is 16.0 Å². The van der Waals surface area contributed by atoms with Gasteiger partial charge in [0.25, 0.3) is 5.69 Å². The first-order valence-corrected chi connectivity index (χ1v) is 8.45. The Morgan fingerprint density at radius 1 is 1.53 bits per heavy atom. The lowest BCUT2D eigenvalue weighted by Gasteiger charge is -2.12. The zero-order valence-corrected chi connectivity index (χ0v) is 13.0. The molecule has 1 unspecified atom stereocenters. The fourth-order valence-electron chi connectivity index (χ4n) is 1.34. The van der Waals surface area contributed by atoms with Crippen LogP contribution in [0.15, 0.2) is 22.7 Å². The SMILES string of the molecule is CC(COc1cc([N+](=O)[O-])ccc1Br)CS(=O)(=O)Cl. The van der Waals surface area contributed by atoms with Gasteiger partial charge in [-0.3, -0.25) is 10.1 Å². The predicted molar refractivity (Wildman–Crippen MR) is 75.1 cm³/mol. The molecule has 6 nitrogen and oxygen atoms in total. The summed E-state index contributed by atoms with van der Waals surface area (Å²) in [4.78, 5) is 10.1. The van der Waals surface area contributed by atoms with Crippen molar-refractivity contribution >= 4 is 41.4 Å². The third-order valence-corrected chi connectivity index (χ3v) is 4.13. The molecule has 0 N–H and O–H groups in total. The van der Waals surface area contributed by atoms with Crippen molar-refractivity contribution in [3.8, 4) is 5.75 Å². The van der Waals surface area contributed by atoms with E-state index in [0.717, 1.165) is 0 Å². The zero-order valence-electron chi connectivity index (χ0n) is 9.88. The molecule has 1 atom stereocenters. The molecule has 1 aromatic rings. The average molecular weight is 373 g/mol. The minimum absolute atomic E-state index is 0.0890. The Morgan fingerprint density at radius 2 is 2.16 bits per heavy atom. The van der Waals surface area contributed by atoms with E-state index in [2.05, 4.69) is 15.9 Å². The monoisotopic (exact) mass is 371 g/mol. The van der Waals surface area contributed by atoms with Gasteiger partial charge in [0.2, 0.25) is 9.05 Å². The van der Waals surface area contributed by atoms with E-state index in [9.17, 15) is 18.5 Å². The molecule has 9 heteroatoms. The molecule has 0 aromatic heterocycles. The molecule has 0 saturated carbocycles. The summed E-state index contributed by atoms with van der Waals surface area (Å²) in [5.41, 5.74) is -0.101. The summed E-state index contributed by atoms with van der Waals surface area (Å²) < 4.78 is 27.7. The van der Waals surface area contributed by atoms with E-state index in [1.54, 1.807) is 6.92 Å². The summed E-state index contributed by atoms with van der Waals surface area (Å²) in [7, 11) is 1.54. The number of nitro benzene ring substituents is 1. The first kappa shape index (κ1) is 16.2. The number of halogens is 2. The quantitative estimate of drug-likeness (QED) is 0.435. The molecule has 1 aromatic carbocycles. The maximum absolute atomic E-state index is 10.9. The fraction of sp³-hybridized carbons (Fsp3) is 0.400. The van der Waals surface area contributed by atoms with Gasteiger partial charge in [-0.1, -0.05) is 6.92 Å². The van der Waals surface area contributed by atoms with Gasteiger partial charge >= 0.3 is 0 Å². The van der Waals surface area contributed by atoms with E-state index in [1.807, 2.05) is 0 Å². The van der Waals surface area contributed by atoms with Crippen LogP contribution in [0.3, 0.4) is 0 Å². The Morgan fingerprint density at radius 3 is 2.68 bits per heavy atom. The van der Waals surface area contributed by atoms with Crippen molar-refractivity contribution in [2.45, 2.75) is 6.92 Å². The minimum Gasteiger partial charge on any atom is -0.492 e. The molecule has 0 amide bonds. The van der Waals surface area contributed by atoms with E-state index in [4.69, 9.17) is 15.4 Å². The standard InChI is InChI=1S/C10H11BrClNO5S/c1-7(6-19(12,16)17)5-18-10-4-8(13(14)15)2-3-9(10)11/h2-4,7H,5-6H2,1H3. The predicted octanol–water partition coefficient (Wildman–Crippen LogP) is 2.94. The van der Waals surface area contributed by atoms with Gasteiger partial charge in [0.05, 0.1) is 27.8 Å². The Kier molecular flexibility index (Phi) is 5.57. The summed E-state index contributed by atoms with van der Waals surface area (Å²) >= 11 is 3.20. The molecule has 0 bridgehead atoms. The van der Waals surface area contributed by atoms with Crippen LogP contribution in [0.4, 0.5) is 5.69 Å². The molecule has 19 heavy (non-hydrogen) atoms. The summed E-state index contributed by atoms with van der Waals surface area (Å²) in [6.07, 6.45) is 0. The highest BCUT2D eigenvalue weighted by molar-refractivity contribution is 9.10. The highest BCUT2D eigenvalue weighted by atomic mass is 79.9. The normalized spacial score (nSPS) is 13.0. The van der Waals surface area contributed by atoms with Gasteiger partial charge in [0.1, 0.15) is 5.75 Å². The second kappa shape index (κ2) is 6.53. The summed E-state index contributed by atoms with van der Waals surface area (Å²) in [5, 5.41) is 10.6. The van der Waals surface area contributed by atoms with Gasteiger partial charge in [-0.2, -0.15) is 0 Å². The molecule has 106 valence electrons. The van der Waals surface area contributed by atoms with Gasteiger partial charge < -0.3 is 4.74 Å². The lowest BCUT2D eigenvalue weighted by atomic mass is 10.2. The van der Waals surface area contributed by atoms with E-state index in [1.165, 1.54) is 18.2 Å². The van der Waals surface area contributed by atoms with Crippen LogP contribution in [0.2, 0.25) is 0 Å². The van der Waals surface area contributed by atoms with Crippen LogP contribution in [-0.2, 0) is 9.05 Å². The third kappa shape index (κ3) is 5.75. The van der Waals surface area contributed by atoms with Gasteiger partial charge in [-0.15, -0.1) is 0 Å². The molecular formula is C10H11BrClNO5S. The van der Waals surface area contributed by atoms with Crippen LogP contribution in [0.5, 0.6) is 5.75 Å². The van der Waals surface area contributed by atoms with Crippen LogP contribution in [0.25, 0.3) is 0 Å². The molecule has 0 aliphatic rings. The Labute approximate surface area is 123 Å². The Bertz CT molecular complexity index is 577. The number of benzene rings is 1. The third-order valence-electron chi connectivity index (χ3n) is 2.13. The van der Waals surface area contributed by atoms with Crippen molar-refractivity contribution in [1.82, 2.24) is 0 Å². The number of non-ortho nitro benzene ring substituents is 1. The second-order valence-electron chi connectivity index (χ2n) is 3.99. The highest BCUT2D eigenvalue weighted by Crippen LogP contribution is 2.29. The van der Waals surface area contributed by atoms with Crippen molar-refractivity contribution in [2.24, 2.45) is 5.92 Å². The van der Waals surface area contributed by atoms with Crippen molar-refractivity contribution < 1.29 is 18.1 Å². The molecule has 0 spiro atoms. The Balaban J connectivity index is 2.72. The molecule has 0 heterocycles. The number of hydrogen-bond acceptors (Lipinski definition) is 5. The van der Waals surface area contributed by atoms with Gasteiger partial charge in [0, 0.05) is 22.7 Å². The van der Waals surface area contributed by atoms with Crippen LogP contribution >= 0.6 is 26.6 Å². The van der Waals surface area contributed by atoms with Crippen molar-refractivity contribution in [3.63, 3.8) is 0 Å².